The Morgan fingerprint density at radius 3 is 2.31 bits per heavy atom. The molecule has 0 atom stereocenters. The second-order valence-corrected chi connectivity index (χ2v) is 7.39. The van der Waals surface area contributed by atoms with Gasteiger partial charge in [-0.05, 0) is 54.5 Å². The number of benzene rings is 3. The maximum atomic E-state index is 12.9. The zero-order chi connectivity index (χ0) is 25.4. The van der Waals surface area contributed by atoms with Crippen LogP contribution in [0.2, 0.25) is 0 Å². The van der Waals surface area contributed by atoms with E-state index in [1.807, 2.05) is 0 Å². The number of rotatable bonds is 8. The minimum Gasteiger partial charge on any atom is -0.508 e. The Morgan fingerprint density at radius 2 is 1.66 bits per heavy atom. The number of hydrazone groups is 1. The lowest BCUT2D eigenvalue weighted by atomic mass is 10.1. The number of nitrogens with zero attached hydrogens (tertiary/aromatic N) is 1. The van der Waals surface area contributed by atoms with Gasteiger partial charge in [0, 0.05) is 17.2 Å². The molecule has 0 spiro atoms. The summed E-state index contributed by atoms with van der Waals surface area (Å²) in [6, 6.07) is 16.1. The number of phenolic OH excluding ortho intramolecular Hbond substituents is 2. The number of aromatic hydroxyl groups is 2. The van der Waals surface area contributed by atoms with Gasteiger partial charge in [-0.15, -0.1) is 0 Å². The van der Waals surface area contributed by atoms with Crippen LogP contribution < -0.4 is 20.2 Å². The molecule has 3 aromatic carbocycles. The molecule has 3 rings (SSSR count). The normalized spacial score (nSPS) is 11.2. The average Bonchev–Trinajstić information content (AvgIpc) is 2.85. The summed E-state index contributed by atoms with van der Waals surface area (Å²) in [5.41, 5.74) is 4.08. The summed E-state index contributed by atoms with van der Waals surface area (Å²) in [5, 5.41) is 26.1. The number of amides is 2. The van der Waals surface area contributed by atoms with Gasteiger partial charge in [0.05, 0.1) is 20.4 Å². The van der Waals surface area contributed by atoms with Crippen LogP contribution in [0.5, 0.6) is 23.0 Å². The summed E-state index contributed by atoms with van der Waals surface area (Å²) in [4.78, 5) is 25.7. The van der Waals surface area contributed by atoms with E-state index < -0.39 is 11.8 Å². The first-order chi connectivity index (χ1) is 16.8. The molecule has 0 aliphatic rings. The van der Waals surface area contributed by atoms with Crippen LogP contribution in [0.25, 0.3) is 6.08 Å². The lowest BCUT2D eigenvalue weighted by Crippen LogP contribution is -2.32. The molecule has 3 aromatic rings. The zero-order valence-corrected chi connectivity index (χ0v) is 19.4. The summed E-state index contributed by atoms with van der Waals surface area (Å²) < 4.78 is 10.5. The van der Waals surface area contributed by atoms with Gasteiger partial charge in [0.25, 0.3) is 11.8 Å². The van der Waals surface area contributed by atoms with Gasteiger partial charge in [-0.2, -0.15) is 5.10 Å². The van der Waals surface area contributed by atoms with Crippen molar-refractivity contribution in [3.8, 4) is 23.0 Å². The first-order valence-corrected chi connectivity index (χ1v) is 10.5. The number of ether oxygens (including phenoxy) is 2. The van der Waals surface area contributed by atoms with E-state index >= 15 is 0 Å². The number of hydrogen-bond acceptors (Lipinski definition) is 7. The largest absolute Gasteiger partial charge is 0.508 e. The van der Waals surface area contributed by atoms with Crippen molar-refractivity contribution in [2.75, 3.05) is 14.2 Å². The molecule has 0 bridgehead atoms. The summed E-state index contributed by atoms with van der Waals surface area (Å²) in [6.45, 7) is 1.67. The Kier molecular flexibility index (Phi) is 8.07. The van der Waals surface area contributed by atoms with E-state index in [4.69, 9.17) is 9.47 Å². The van der Waals surface area contributed by atoms with E-state index in [2.05, 4.69) is 15.8 Å². The van der Waals surface area contributed by atoms with Crippen molar-refractivity contribution in [1.29, 1.82) is 0 Å². The van der Waals surface area contributed by atoms with Gasteiger partial charge in [0.15, 0.2) is 11.5 Å². The van der Waals surface area contributed by atoms with Crippen molar-refractivity contribution in [1.82, 2.24) is 10.7 Å². The SMILES string of the molecule is COc1ccc(C=C(NC(=O)c2ccccc2)C(=O)N/N=C/c2c(C)cc(O)cc2O)cc1OC. The zero-order valence-electron chi connectivity index (χ0n) is 19.4. The molecular weight excluding hydrogens is 450 g/mol. The average molecular weight is 476 g/mol. The molecule has 0 saturated heterocycles. The highest BCUT2D eigenvalue weighted by Crippen LogP contribution is 2.28. The van der Waals surface area contributed by atoms with Crippen LogP contribution in [-0.4, -0.2) is 42.5 Å². The van der Waals surface area contributed by atoms with Crippen molar-refractivity contribution in [3.05, 3.63) is 88.6 Å². The quantitative estimate of drug-likeness (QED) is 0.225. The van der Waals surface area contributed by atoms with E-state index in [0.29, 0.717) is 33.8 Å². The van der Waals surface area contributed by atoms with Crippen LogP contribution in [0.3, 0.4) is 0 Å². The monoisotopic (exact) mass is 475 g/mol. The van der Waals surface area contributed by atoms with Crippen molar-refractivity contribution in [2.45, 2.75) is 6.92 Å². The molecule has 0 aliphatic carbocycles. The van der Waals surface area contributed by atoms with Crippen LogP contribution >= 0.6 is 0 Å². The molecule has 0 aromatic heterocycles. The first-order valence-electron chi connectivity index (χ1n) is 10.5. The first kappa shape index (κ1) is 24.8. The van der Waals surface area contributed by atoms with Crippen LogP contribution in [0.4, 0.5) is 0 Å². The third kappa shape index (κ3) is 6.38. The second kappa shape index (κ2) is 11.4. The minimum atomic E-state index is -0.698. The summed E-state index contributed by atoms with van der Waals surface area (Å²) >= 11 is 0. The number of aryl methyl sites for hydroxylation is 1. The number of carbonyl (C=O) groups is 2. The number of nitrogens with one attached hydrogen (secondary N) is 2. The third-order valence-electron chi connectivity index (χ3n) is 4.96. The molecule has 0 radical (unpaired) electrons. The summed E-state index contributed by atoms with van der Waals surface area (Å²) in [7, 11) is 3.00. The van der Waals surface area contributed by atoms with E-state index in [1.54, 1.807) is 55.5 Å². The highest BCUT2D eigenvalue weighted by molar-refractivity contribution is 6.05. The van der Waals surface area contributed by atoms with Gasteiger partial charge in [0.2, 0.25) is 0 Å². The van der Waals surface area contributed by atoms with Gasteiger partial charge >= 0.3 is 0 Å². The smallest absolute Gasteiger partial charge is 0.287 e. The van der Waals surface area contributed by atoms with Crippen molar-refractivity contribution in [3.63, 3.8) is 0 Å². The molecule has 9 heteroatoms. The van der Waals surface area contributed by atoms with Gasteiger partial charge in [-0.3, -0.25) is 9.59 Å². The Morgan fingerprint density at radius 1 is 0.943 bits per heavy atom. The fourth-order valence-electron chi connectivity index (χ4n) is 3.20. The number of phenols is 2. The molecule has 4 N–H and O–H groups in total. The molecule has 9 nitrogen and oxygen atoms in total. The molecule has 180 valence electrons. The Hall–Kier alpha value is -4.79. The number of carbonyl (C=O) groups excluding carboxylic acids is 2. The van der Waals surface area contributed by atoms with E-state index in [1.165, 1.54) is 38.6 Å². The molecule has 0 unspecified atom stereocenters. The number of hydrogen-bond donors (Lipinski definition) is 4. The Bertz CT molecular complexity index is 1260. The minimum absolute atomic E-state index is 0.0742. The van der Waals surface area contributed by atoms with Crippen LogP contribution in [0.15, 0.2) is 71.5 Å². The van der Waals surface area contributed by atoms with Gasteiger partial charge in [-0.25, -0.2) is 5.43 Å². The topological polar surface area (TPSA) is 129 Å². The molecule has 0 heterocycles. The standard InChI is InChI=1S/C26H25N3O6/c1-16-11-19(30)14-22(31)20(16)15-27-29-26(33)21(28-25(32)18-7-5-4-6-8-18)12-17-9-10-23(34-2)24(13-17)35-3/h4-15,30-31H,1-3H3,(H,28,32)(H,29,33)/b21-12?,27-15+. The molecule has 35 heavy (non-hydrogen) atoms. The Labute approximate surface area is 202 Å². The molecule has 0 aliphatic heterocycles. The van der Waals surface area contributed by atoms with Gasteiger partial charge < -0.3 is 25.0 Å². The highest BCUT2D eigenvalue weighted by Gasteiger charge is 2.15. The fourth-order valence-corrected chi connectivity index (χ4v) is 3.20. The molecule has 0 saturated carbocycles. The molecule has 2 amide bonds. The predicted molar refractivity (Wildman–Crippen MR) is 132 cm³/mol. The summed E-state index contributed by atoms with van der Waals surface area (Å²) in [6.07, 6.45) is 2.71. The summed E-state index contributed by atoms with van der Waals surface area (Å²) in [5.74, 6) is -0.506. The van der Waals surface area contributed by atoms with E-state index in [-0.39, 0.29) is 17.2 Å². The number of methoxy groups -OCH3 is 2. The third-order valence-corrected chi connectivity index (χ3v) is 4.96. The van der Waals surface area contributed by atoms with E-state index in [9.17, 15) is 19.8 Å². The van der Waals surface area contributed by atoms with Crippen LogP contribution in [0, 0.1) is 6.92 Å². The van der Waals surface area contributed by atoms with Gasteiger partial charge in [-0.1, -0.05) is 24.3 Å². The van der Waals surface area contributed by atoms with E-state index in [0.717, 1.165) is 0 Å². The van der Waals surface area contributed by atoms with Crippen molar-refractivity contribution in [2.24, 2.45) is 5.10 Å². The Balaban J connectivity index is 1.89. The maximum Gasteiger partial charge on any atom is 0.287 e. The van der Waals surface area contributed by atoms with Crippen molar-refractivity contribution < 1.29 is 29.3 Å². The lowest BCUT2D eigenvalue weighted by Gasteiger charge is -2.11. The van der Waals surface area contributed by atoms with Crippen molar-refractivity contribution >= 4 is 24.1 Å². The maximum absolute atomic E-state index is 12.9. The second-order valence-electron chi connectivity index (χ2n) is 7.39. The molecular formula is C26H25N3O6. The molecule has 0 fully saturated rings. The van der Waals surface area contributed by atoms with Crippen LogP contribution in [-0.2, 0) is 4.79 Å². The fraction of sp³-hybridized carbons (Fsp3) is 0.115. The van der Waals surface area contributed by atoms with Crippen LogP contribution in [0.1, 0.15) is 27.0 Å². The predicted octanol–water partition coefficient (Wildman–Crippen LogP) is 3.34. The van der Waals surface area contributed by atoms with Gasteiger partial charge in [0.1, 0.15) is 17.2 Å². The highest BCUT2D eigenvalue weighted by atomic mass is 16.5. The lowest BCUT2D eigenvalue weighted by molar-refractivity contribution is -0.117.